The fourth-order valence-electron chi connectivity index (χ4n) is 1.50. The summed E-state index contributed by atoms with van der Waals surface area (Å²) in [5, 5.41) is 9.50. The smallest absolute Gasteiger partial charge is 0.271 e. The van der Waals surface area contributed by atoms with Gasteiger partial charge in [-0.2, -0.15) is 0 Å². The molecule has 0 aliphatic rings. The monoisotopic (exact) mass is 261 g/mol. The predicted molar refractivity (Wildman–Crippen MR) is 68.6 cm³/mol. The number of carbonyl (C=O) groups is 1. The van der Waals surface area contributed by atoms with Crippen molar-refractivity contribution in [3.63, 3.8) is 0 Å². The fourth-order valence-corrected chi connectivity index (χ4v) is 1.50. The topological polar surface area (TPSA) is 92.9 Å². The van der Waals surface area contributed by atoms with Gasteiger partial charge < -0.3 is 15.2 Å². The van der Waals surface area contributed by atoms with Gasteiger partial charge in [-0.05, 0) is 13.8 Å². The van der Waals surface area contributed by atoms with Gasteiger partial charge in [-0.3, -0.25) is 9.78 Å². The summed E-state index contributed by atoms with van der Waals surface area (Å²) in [5.74, 6) is 0.985. The lowest BCUT2D eigenvalue weighted by molar-refractivity contribution is 0.0945. The molecule has 0 aliphatic heterocycles. The van der Waals surface area contributed by atoms with Crippen molar-refractivity contribution in [2.75, 3.05) is 11.9 Å². The molecule has 0 bridgehead atoms. The van der Waals surface area contributed by atoms with E-state index in [4.69, 9.17) is 4.52 Å². The molecule has 0 aliphatic carbocycles. The number of aromatic nitrogens is 3. The molecule has 2 rings (SSSR count). The first-order chi connectivity index (χ1) is 9.19. The maximum Gasteiger partial charge on any atom is 0.271 e. The van der Waals surface area contributed by atoms with Gasteiger partial charge in [0.1, 0.15) is 23.0 Å². The predicted octanol–water partition coefficient (Wildman–Crippen LogP) is 1.13. The van der Waals surface area contributed by atoms with Crippen molar-refractivity contribution in [2.24, 2.45) is 0 Å². The number of amides is 1. The molecular formula is C12H15N5O2. The van der Waals surface area contributed by atoms with Crippen molar-refractivity contribution >= 4 is 11.7 Å². The van der Waals surface area contributed by atoms with Gasteiger partial charge in [0.15, 0.2) is 0 Å². The third-order valence-electron chi connectivity index (χ3n) is 2.33. The van der Waals surface area contributed by atoms with Crippen molar-refractivity contribution in [2.45, 2.75) is 20.4 Å². The van der Waals surface area contributed by atoms with Crippen molar-refractivity contribution in [1.82, 2.24) is 20.4 Å². The maximum absolute atomic E-state index is 11.9. The van der Waals surface area contributed by atoms with Crippen molar-refractivity contribution in [3.05, 3.63) is 35.6 Å². The van der Waals surface area contributed by atoms with E-state index in [1.165, 1.54) is 6.20 Å². The van der Waals surface area contributed by atoms with E-state index in [1.807, 2.05) is 6.92 Å². The highest BCUT2D eigenvalue weighted by atomic mass is 16.5. The van der Waals surface area contributed by atoms with Crippen LogP contribution in [0.4, 0.5) is 5.82 Å². The van der Waals surface area contributed by atoms with Crippen LogP contribution in [0.25, 0.3) is 0 Å². The largest absolute Gasteiger partial charge is 0.369 e. The average molecular weight is 261 g/mol. The molecule has 2 N–H and O–H groups in total. The van der Waals surface area contributed by atoms with Gasteiger partial charge >= 0.3 is 0 Å². The van der Waals surface area contributed by atoms with E-state index in [2.05, 4.69) is 25.8 Å². The molecule has 0 aromatic carbocycles. The van der Waals surface area contributed by atoms with E-state index < -0.39 is 0 Å². The van der Waals surface area contributed by atoms with Crippen LogP contribution in [0, 0.1) is 6.92 Å². The number of carbonyl (C=O) groups excluding carboxylic acids is 1. The highest BCUT2D eigenvalue weighted by molar-refractivity contribution is 5.92. The number of nitrogens with zero attached hydrogens (tertiary/aromatic N) is 3. The third kappa shape index (κ3) is 3.51. The molecule has 0 radical (unpaired) electrons. The van der Waals surface area contributed by atoms with Crippen molar-refractivity contribution in [1.29, 1.82) is 0 Å². The summed E-state index contributed by atoms with van der Waals surface area (Å²) in [7, 11) is 0. The Bertz CT molecular complexity index is 567. The first-order valence-electron chi connectivity index (χ1n) is 5.95. The van der Waals surface area contributed by atoms with Gasteiger partial charge in [0.25, 0.3) is 5.91 Å². The maximum atomic E-state index is 11.9. The van der Waals surface area contributed by atoms with Crippen LogP contribution in [0.1, 0.15) is 28.9 Å². The van der Waals surface area contributed by atoms with Crippen LogP contribution in [0.2, 0.25) is 0 Å². The molecule has 0 unspecified atom stereocenters. The van der Waals surface area contributed by atoms with E-state index in [0.29, 0.717) is 23.8 Å². The average Bonchev–Trinajstić information content (AvgIpc) is 2.82. The van der Waals surface area contributed by atoms with Gasteiger partial charge in [0.05, 0.1) is 18.9 Å². The third-order valence-corrected chi connectivity index (χ3v) is 2.33. The molecule has 0 saturated heterocycles. The number of anilines is 1. The molecule has 0 saturated carbocycles. The van der Waals surface area contributed by atoms with Crippen LogP contribution < -0.4 is 10.6 Å². The summed E-state index contributed by atoms with van der Waals surface area (Å²) >= 11 is 0. The summed E-state index contributed by atoms with van der Waals surface area (Å²) < 4.78 is 4.91. The van der Waals surface area contributed by atoms with Crippen LogP contribution in [-0.2, 0) is 6.54 Å². The minimum atomic E-state index is -0.298. The minimum absolute atomic E-state index is 0.263. The molecule has 100 valence electrons. The lowest BCUT2D eigenvalue weighted by Crippen LogP contribution is -2.24. The van der Waals surface area contributed by atoms with Gasteiger partial charge in [0.2, 0.25) is 0 Å². The Morgan fingerprint density at radius 2 is 2.26 bits per heavy atom. The lowest BCUT2D eigenvalue weighted by Gasteiger charge is -2.05. The van der Waals surface area contributed by atoms with Crippen molar-refractivity contribution in [3.8, 4) is 0 Å². The van der Waals surface area contributed by atoms with E-state index in [0.717, 1.165) is 6.54 Å². The highest BCUT2D eigenvalue weighted by Gasteiger charge is 2.09. The van der Waals surface area contributed by atoms with Crippen LogP contribution >= 0.6 is 0 Å². The molecule has 0 spiro atoms. The van der Waals surface area contributed by atoms with Crippen LogP contribution in [0.15, 0.2) is 23.0 Å². The summed E-state index contributed by atoms with van der Waals surface area (Å²) in [6.07, 6.45) is 2.99. The standard InChI is InChI=1S/C12H15N5O2/c1-3-14-11-7-13-6-10(16-11)12(18)15-5-9-4-8(2)19-17-9/h4,6-7H,3,5H2,1-2H3,(H,14,16)(H,15,18). The minimum Gasteiger partial charge on any atom is -0.369 e. The Balaban J connectivity index is 1.97. The summed E-state index contributed by atoms with van der Waals surface area (Å²) in [4.78, 5) is 20.0. The fraction of sp³-hybridized carbons (Fsp3) is 0.333. The number of hydrogen-bond donors (Lipinski definition) is 2. The van der Waals surface area contributed by atoms with Gasteiger partial charge in [-0.15, -0.1) is 0 Å². The Morgan fingerprint density at radius 1 is 1.42 bits per heavy atom. The lowest BCUT2D eigenvalue weighted by atomic mass is 10.3. The Morgan fingerprint density at radius 3 is 2.95 bits per heavy atom. The Kier molecular flexibility index (Phi) is 4.07. The van der Waals surface area contributed by atoms with E-state index in [-0.39, 0.29) is 11.6 Å². The first kappa shape index (κ1) is 13.0. The highest BCUT2D eigenvalue weighted by Crippen LogP contribution is 2.03. The van der Waals surface area contributed by atoms with E-state index in [1.54, 1.807) is 19.2 Å². The molecule has 19 heavy (non-hydrogen) atoms. The zero-order chi connectivity index (χ0) is 13.7. The molecule has 0 atom stereocenters. The Labute approximate surface area is 110 Å². The molecule has 2 aromatic rings. The zero-order valence-electron chi connectivity index (χ0n) is 10.8. The molecule has 2 heterocycles. The molecule has 7 heteroatoms. The Hall–Kier alpha value is -2.44. The van der Waals surface area contributed by atoms with E-state index >= 15 is 0 Å². The van der Waals surface area contributed by atoms with Gasteiger partial charge in [-0.25, -0.2) is 4.98 Å². The summed E-state index contributed by atoms with van der Waals surface area (Å²) in [6, 6.07) is 1.76. The van der Waals surface area contributed by atoms with E-state index in [9.17, 15) is 4.79 Å². The van der Waals surface area contributed by atoms with Crippen LogP contribution in [0.5, 0.6) is 0 Å². The molecule has 7 nitrogen and oxygen atoms in total. The second-order valence-corrected chi connectivity index (χ2v) is 3.93. The SMILES string of the molecule is CCNc1cncc(C(=O)NCc2cc(C)on2)n1. The number of rotatable bonds is 5. The number of aryl methyl sites for hydroxylation is 1. The molecular weight excluding hydrogens is 246 g/mol. The second-order valence-electron chi connectivity index (χ2n) is 3.93. The second kappa shape index (κ2) is 5.94. The van der Waals surface area contributed by atoms with Crippen LogP contribution in [-0.4, -0.2) is 27.6 Å². The van der Waals surface area contributed by atoms with Crippen LogP contribution in [0.3, 0.4) is 0 Å². The normalized spacial score (nSPS) is 10.2. The summed E-state index contributed by atoms with van der Waals surface area (Å²) in [5.41, 5.74) is 0.931. The van der Waals surface area contributed by atoms with Gasteiger partial charge in [-0.1, -0.05) is 5.16 Å². The molecule has 2 aromatic heterocycles. The number of hydrogen-bond acceptors (Lipinski definition) is 6. The van der Waals surface area contributed by atoms with Crippen molar-refractivity contribution < 1.29 is 9.32 Å². The summed E-state index contributed by atoms with van der Waals surface area (Å²) in [6.45, 7) is 4.76. The number of nitrogens with one attached hydrogen (secondary N) is 2. The molecule has 0 fully saturated rings. The molecule has 1 amide bonds. The zero-order valence-corrected chi connectivity index (χ0v) is 10.8. The van der Waals surface area contributed by atoms with Gasteiger partial charge in [0, 0.05) is 12.6 Å². The quantitative estimate of drug-likeness (QED) is 0.838. The first-order valence-corrected chi connectivity index (χ1v) is 5.95.